The maximum absolute atomic E-state index is 11.3. The fourth-order valence-corrected chi connectivity index (χ4v) is 0.295. The van der Waals surface area contributed by atoms with Crippen LogP contribution in [0.4, 0.5) is 8.78 Å². The number of halogens is 2. The van der Waals surface area contributed by atoms with Gasteiger partial charge in [-0.15, -0.1) is 0 Å². The molecule has 0 aliphatic carbocycles. The number of hydrogen-bond acceptors (Lipinski definition) is 1. The highest BCUT2D eigenvalue weighted by atomic mass is 19.2. The molecule has 2 unspecified atom stereocenters. The lowest BCUT2D eigenvalue weighted by Gasteiger charge is -2.22. The van der Waals surface area contributed by atoms with Gasteiger partial charge in [0.2, 0.25) is 12.7 Å². The highest BCUT2D eigenvalue weighted by Gasteiger charge is 2.28. The summed E-state index contributed by atoms with van der Waals surface area (Å²) >= 11 is 0. The molecule has 0 aromatic carbocycles. The quantitative estimate of drug-likeness (QED) is 0.435. The van der Waals surface area contributed by atoms with Gasteiger partial charge >= 0.3 is 0 Å². The average molecular weight is 94.1 g/mol. The van der Waals surface area contributed by atoms with Crippen LogP contribution >= 0.6 is 0 Å². The molecule has 6 heavy (non-hydrogen) atoms. The molecule has 0 radical (unpaired) electrons. The summed E-state index contributed by atoms with van der Waals surface area (Å²) in [5.41, 5.74) is 0. The molecule has 0 N–H and O–H groups in total. The van der Waals surface area contributed by atoms with Gasteiger partial charge in [0.25, 0.3) is 0 Å². The van der Waals surface area contributed by atoms with E-state index in [1.807, 2.05) is 0 Å². The third kappa shape index (κ3) is 0.497. The molecule has 3 heteroatoms. The highest BCUT2D eigenvalue weighted by Crippen LogP contribution is 2.21. The van der Waals surface area contributed by atoms with Crippen LogP contribution in [-0.4, -0.2) is 12.7 Å². The van der Waals surface area contributed by atoms with E-state index in [1.54, 1.807) is 0 Å². The molecule has 2 atom stereocenters. The lowest BCUT2D eigenvalue weighted by molar-refractivity contribution is -0.242. The highest BCUT2D eigenvalue weighted by molar-refractivity contribution is 4.57. The number of alkyl halides is 2. The predicted octanol–water partition coefficient (Wildman–Crippen LogP) is 0.998. The van der Waals surface area contributed by atoms with E-state index in [1.165, 1.54) is 0 Å². The Morgan fingerprint density at radius 3 is 1.67 bits per heavy atom. The molecule has 0 aromatic heterocycles. The van der Waals surface area contributed by atoms with Crippen LogP contribution in [0.5, 0.6) is 0 Å². The van der Waals surface area contributed by atoms with Crippen molar-refractivity contribution in [1.29, 1.82) is 0 Å². The Morgan fingerprint density at radius 1 is 1.33 bits per heavy atom. The van der Waals surface area contributed by atoms with Crippen LogP contribution in [0.15, 0.2) is 0 Å². The van der Waals surface area contributed by atoms with Gasteiger partial charge in [-0.25, -0.2) is 8.78 Å². The van der Waals surface area contributed by atoms with Gasteiger partial charge in [0, 0.05) is 0 Å². The summed E-state index contributed by atoms with van der Waals surface area (Å²) in [5.74, 6) is 0. The van der Waals surface area contributed by atoms with Gasteiger partial charge in [0.15, 0.2) is 0 Å². The molecular formula is C3H4F2O. The monoisotopic (exact) mass is 94.0 g/mol. The topological polar surface area (TPSA) is 9.23 Å². The van der Waals surface area contributed by atoms with Crippen molar-refractivity contribution in [1.82, 2.24) is 0 Å². The largest absolute Gasteiger partial charge is 0.314 e. The zero-order valence-electron chi connectivity index (χ0n) is 3.03. The Morgan fingerprint density at radius 2 is 1.67 bits per heavy atom. The fourth-order valence-electron chi connectivity index (χ4n) is 0.295. The molecule has 1 heterocycles. The van der Waals surface area contributed by atoms with Crippen LogP contribution in [0.1, 0.15) is 6.42 Å². The van der Waals surface area contributed by atoms with Crippen LogP contribution < -0.4 is 0 Å². The van der Waals surface area contributed by atoms with Crippen molar-refractivity contribution in [3.05, 3.63) is 0 Å². The second-order valence-corrected chi connectivity index (χ2v) is 1.19. The van der Waals surface area contributed by atoms with E-state index in [-0.39, 0.29) is 6.42 Å². The minimum atomic E-state index is -1.33. The molecule has 1 fully saturated rings. The van der Waals surface area contributed by atoms with Gasteiger partial charge in [0.05, 0.1) is 6.42 Å². The van der Waals surface area contributed by atoms with Crippen molar-refractivity contribution in [2.75, 3.05) is 0 Å². The first kappa shape index (κ1) is 3.99. The second kappa shape index (κ2) is 1.15. The molecule has 0 bridgehead atoms. The van der Waals surface area contributed by atoms with Crippen molar-refractivity contribution in [2.45, 2.75) is 19.1 Å². The third-order valence-electron chi connectivity index (χ3n) is 0.666. The summed E-state index contributed by atoms with van der Waals surface area (Å²) in [6.07, 6.45) is -2.75. The van der Waals surface area contributed by atoms with Crippen LogP contribution in [0.3, 0.4) is 0 Å². The SMILES string of the molecule is FC1CC(F)O1. The average Bonchev–Trinajstić information content (AvgIpc) is 1.33. The lowest BCUT2D eigenvalue weighted by Crippen LogP contribution is -2.29. The third-order valence-corrected chi connectivity index (χ3v) is 0.666. The number of ether oxygens (including phenoxy) is 1. The van der Waals surface area contributed by atoms with E-state index in [0.717, 1.165) is 0 Å². The molecule has 1 aliphatic heterocycles. The summed E-state index contributed by atoms with van der Waals surface area (Å²) in [4.78, 5) is 0. The Hall–Kier alpha value is -0.180. The van der Waals surface area contributed by atoms with Crippen molar-refractivity contribution in [3.63, 3.8) is 0 Å². The first-order chi connectivity index (χ1) is 2.79. The molecule has 0 saturated carbocycles. The fraction of sp³-hybridized carbons (Fsp3) is 1.00. The molecule has 1 aliphatic rings. The van der Waals surface area contributed by atoms with Crippen molar-refractivity contribution in [3.8, 4) is 0 Å². The molecule has 0 aromatic rings. The summed E-state index contributed by atoms with van der Waals surface area (Å²) in [6, 6.07) is 0. The standard InChI is InChI=1S/C3H4F2O/c4-2-1-3(5)6-2/h2-3H,1H2. The van der Waals surface area contributed by atoms with Gasteiger partial charge in [0.1, 0.15) is 0 Å². The van der Waals surface area contributed by atoms with Crippen LogP contribution in [0.25, 0.3) is 0 Å². The maximum atomic E-state index is 11.3. The van der Waals surface area contributed by atoms with E-state index in [9.17, 15) is 8.78 Å². The molecule has 1 rings (SSSR count). The number of rotatable bonds is 0. The van der Waals surface area contributed by atoms with Gasteiger partial charge in [-0.2, -0.15) is 0 Å². The summed E-state index contributed by atoms with van der Waals surface area (Å²) in [6.45, 7) is 0. The van der Waals surface area contributed by atoms with E-state index >= 15 is 0 Å². The van der Waals surface area contributed by atoms with Gasteiger partial charge < -0.3 is 4.74 Å². The zero-order chi connectivity index (χ0) is 4.57. The van der Waals surface area contributed by atoms with Gasteiger partial charge in [-0.1, -0.05) is 0 Å². The summed E-state index contributed by atoms with van der Waals surface area (Å²) < 4.78 is 26.4. The van der Waals surface area contributed by atoms with Crippen LogP contribution in [0, 0.1) is 0 Å². The molecular weight excluding hydrogens is 90.0 g/mol. The van der Waals surface area contributed by atoms with E-state index in [0.29, 0.717) is 0 Å². The molecule has 1 nitrogen and oxygen atoms in total. The van der Waals surface area contributed by atoms with Crippen molar-refractivity contribution < 1.29 is 13.5 Å². The van der Waals surface area contributed by atoms with E-state index in [2.05, 4.69) is 4.74 Å². The Labute approximate surface area is 33.9 Å². The minimum absolute atomic E-state index is 0.0833. The maximum Gasteiger partial charge on any atom is 0.207 e. The van der Waals surface area contributed by atoms with Crippen LogP contribution in [0.2, 0.25) is 0 Å². The molecule has 0 spiro atoms. The summed E-state index contributed by atoms with van der Waals surface area (Å²) in [7, 11) is 0. The Balaban J connectivity index is 2.11. The molecule has 0 amide bonds. The smallest absolute Gasteiger partial charge is 0.207 e. The lowest BCUT2D eigenvalue weighted by atomic mass is 10.3. The van der Waals surface area contributed by atoms with Gasteiger partial charge in [-0.3, -0.25) is 0 Å². The normalized spacial score (nSPS) is 45.0. The first-order valence-electron chi connectivity index (χ1n) is 1.72. The summed E-state index contributed by atoms with van der Waals surface area (Å²) in [5, 5.41) is 0. The van der Waals surface area contributed by atoms with Gasteiger partial charge in [-0.05, 0) is 0 Å². The Kier molecular flexibility index (Phi) is 0.765. The first-order valence-corrected chi connectivity index (χ1v) is 1.72. The Bertz CT molecular complexity index is 44.8. The van der Waals surface area contributed by atoms with Crippen molar-refractivity contribution >= 4 is 0 Å². The minimum Gasteiger partial charge on any atom is -0.314 e. The van der Waals surface area contributed by atoms with E-state index in [4.69, 9.17) is 0 Å². The predicted molar refractivity (Wildman–Crippen MR) is 15.5 cm³/mol. The number of hydrogen-bond donors (Lipinski definition) is 0. The second-order valence-electron chi connectivity index (χ2n) is 1.19. The molecule has 36 valence electrons. The molecule has 1 saturated heterocycles. The van der Waals surface area contributed by atoms with E-state index < -0.39 is 12.7 Å². The zero-order valence-corrected chi connectivity index (χ0v) is 3.03. The van der Waals surface area contributed by atoms with Crippen molar-refractivity contribution in [2.24, 2.45) is 0 Å². The van der Waals surface area contributed by atoms with Crippen LogP contribution in [-0.2, 0) is 4.74 Å².